The Balaban J connectivity index is 1.94. The zero-order chi connectivity index (χ0) is 12.1. The van der Waals surface area contributed by atoms with Crippen LogP contribution in [0.3, 0.4) is 0 Å². The molecule has 1 aromatic carbocycles. The van der Waals surface area contributed by atoms with E-state index in [0.29, 0.717) is 18.3 Å². The van der Waals surface area contributed by atoms with E-state index in [1.54, 1.807) is 0 Å². The van der Waals surface area contributed by atoms with Gasteiger partial charge in [0.25, 0.3) is 0 Å². The molecule has 0 aliphatic carbocycles. The highest BCUT2D eigenvalue weighted by atomic mass is 16.5. The van der Waals surface area contributed by atoms with Crippen molar-refractivity contribution in [3.63, 3.8) is 0 Å². The first-order valence-electron chi connectivity index (χ1n) is 5.77. The molecule has 2 aromatic rings. The fraction of sp³-hybridized carbons (Fsp3) is 0.385. The van der Waals surface area contributed by atoms with Crippen molar-refractivity contribution in [1.29, 1.82) is 0 Å². The Hall–Kier alpha value is -1.84. The number of hydrogen-bond donors (Lipinski definition) is 0. The van der Waals surface area contributed by atoms with Crippen LogP contribution in [0, 0.1) is 0 Å². The fourth-order valence-corrected chi connectivity index (χ4v) is 1.53. The van der Waals surface area contributed by atoms with Gasteiger partial charge < -0.3 is 9.26 Å². The second-order valence-electron chi connectivity index (χ2n) is 4.01. The van der Waals surface area contributed by atoms with Crippen molar-refractivity contribution in [3.8, 4) is 5.75 Å². The molecule has 0 bridgehead atoms. The molecule has 0 aliphatic heterocycles. The average Bonchev–Trinajstić information content (AvgIpc) is 2.89. The van der Waals surface area contributed by atoms with Gasteiger partial charge in [-0.25, -0.2) is 0 Å². The maximum atomic E-state index is 5.53. The first kappa shape index (κ1) is 11.6. The zero-order valence-corrected chi connectivity index (χ0v) is 10.1. The van der Waals surface area contributed by atoms with Gasteiger partial charge in [0.15, 0.2) is 6.61 Å². The molecule has 0 saturated heterocycles. The van der Waals surface area contributed by atoms with Crippen LogP contribution in [0.15, 0.2) is 35.2 Å². The van der Waals surface area contributed by atoms with Gasteiger partial charge in [-0.2, -0.15) is 4.98 Å². The van der Waals surface area contributed by atoms with E-state index in [-0.39, 0.29) is 0 Å². The van der Waals surface area contributed by atoms with Crippen molar-refractivity contribution in [1.82, 2.24) is 10.1 Å². The Labute approximate surface area is 101 Å². The SMILES string of the molecule is CCC(C)c1ccc(OCc2ncon2)cc1. The molecule has 0 aliphatic rings. The van der Waals surface area contributed by atoms with E-state index in [4.69, 9.17) is 4.74 Å². The molecule has 0 fully saturated rings. The van der Waals surface area contributed by atoms with Crippen LogP contribution in [0.5, 0.6) is 5.75 Å². The minimum absolute atomic E-state index is 0.333. The summed E-state index contributed by atoms with van der Waals surface area (Å²) in [5.74, 6) is 1.96. The molecule has 0 saturated carbocycles. The Morgan fingerprint density at radius 2 is 2.06 bits per heavy atom. The van der Waals surface area contributed by atoms with Crippen LogP contribution in [0.1, 0.15) is 37.6 Å². The van der Waals surface area contributed by atoms with E-state index < -0.39 is 0 Å². The normalized spacial score (nSPS) is 12.4. The van der Waals surface area contributed by atoms with Gasteiger partial charge in [-0.15, -0.1) is 0 Å². The molecular formula is C13H16N2O2. The molecule has 4 nitrogen and oxygen atoms in total. The Kier molecular flexibility index (Phi) is 3.75. The number of aromatic nitrogens is 2. The quantitative estimate of drug-likeness (QED) is 0.794. The summed E-state index contributed by atoms with van der Waals surface area (Å²) >= 11 is 0. The summed E-state index contributed by atoms with van der Waals surface area (Å²) in [6, 6.07) is 8.14. The van der Waals surface area contributed by atoms with Crippen molar-refractivity contribution in [2.45, 2.75) is 32.8 Å². The van der Waals surface area contributed by atoms with Crippen molar-refractivity contribution < 1.29 is 9.26 Å². The second kappa shape index (κ2) is 5.48. The summed E-state index contributed by atoms with van der Waals surface area (Å²) < 4.78 is 10.2. The predicted molar refractivity (Wildman–Crippen MR) is 63.8 cm³/mol. The molecule has 1 unspecified atom stereocenters. The standard InChI is InChI=1S/C13H16N2O2/c1-3-10(2)11-4-6-12(7-5-11)16-8-13-14-9-17-15-13/h4-7,9-10H,3,8H2,1-2H3. The lowest BCUT2D eigenvalue weighted by Gasteiger charge is -2.09. The first-order valence-corrected chi connectivity index (χ1v) is 5.77. The Morgan fingerprint density at radius 3 is 2.65 bits per heavy atom. The number of nitrogens with zero attached hydrogens (tertiary/aromatic N) is 2. The molecule has 2 rings (SSSR count). The average molecular weight is 232 g/mol. The van der Waals surface area contributed by atoms with E-state index in [9.17, 15) is 0 Å². The summed E-state index contributed by atoms with van der Waals surface area (Å²) in [5.41, 5.74) is 1.33. The molecule has 0 spiro atoms. The monoisotopic (exact) mass is 232 g/mol. The van der Waals surface area contributed by atoms with Crippen molar-refractivity contribution in [2.75, 3.05) is 0 Å². The van der Waals surface area contributed by atoms with E-state index in [1.807, 2.05) is 12.1 Å². The van der Waals surface area contributed by atoms with Crippen LogP contribution in [0.4, 0.5) is 0 Å². The van der Waals surface area contributed by atoms with Crippen LogP contribution in [0.2, 0.25) is 0 Å². The van der Waals surface area contributed by atoms with Gasteiger partial charge >= 0.3 is 0 Å². The predicted octanol–water partition coefficient (Wildman–Crippen LogP) is 3.16. The van der Waals surface area contributed by atoms with E-state index in [2.05, 4.69) is 40.6 Å². The number of hydrogen-bond acceptors (Lipinski definition) is 4. The van der Waals surface area contributed by atoms with E-state index in [0.717, 1.165) is 12.2 Å². The largest absolute Gasteiger partial charge is 0.485 e. The fourth-order valence-electron chi connectivity index (χ4n) is 1.53. The molecule has 90 valence electrons. The highest BCUT2D eigenvalue weighted by Gasteiger charge is 2.03. The van der Waals surface area contributed by atoms with E-state index >= 15 is 0 Å². The summed E-state index contributed by atoms with van der Waals surface area (Å²) in [6.45, 7) is 4.74. The molecule has 0 amide bonds. The lowest BCUT2D eigenvalue weighted by Crippen LogP contribution is -1.98. The maximum Gasteiger partial charge on any atom is 0.213 e. The lowest BCUT2D eigenvalue weighted by molar-refractivity contribution is 0.286. The Bertz CT molecular complexity index is 437. The van der Waals surface area contributed by atoms with Gasteiger partial charge in [0.1, 0.15) is 5.75 Å². The van der Waals surface area contributed by atoms with Gasteiger partial charge in [0.05, 0.1) is 0 Å². The van der Waals surface area contributed by atoms with E-state index in [1.165, 1.54) is 12.0 Å². The van der Waals surface area contributed by atoms with Gasteiger partial charge in [-0.05, 0) is 30.0 Å². The zero-order valence-electron chi connectivity index (χ0n) is 10.1. The van der Waals surface area contributed by atoms with Gasteiger partial charge in [-0.3, -0.25) is 0 Å². The molecular weight excluding hydrogens is 216 g/mol. The van der Waals surface area contributed by atoms with Crippen LogP contribution in [-0.2, 0) is 6.61 Å². The minimum atomic E-state index is 0.333. The molecule has 17 heavy (non-hydrogen) atoms. The number of benzene rings is 1. The van der Waals surface area contributed by atoms with Crippen LogP contribution >= 0.6 is 0 Å². The summed E-state index contributed by atoms with van der Waals surface area (Å²) in [6.07, 6.45) is 2.44. The van der Waals surface area contributed by atoms with Crippen LogP contribution in [-0.4, -0.2) is 10.1 Å². The lowest BCUT2D eigenvalue weighted by atomic mass is 9.99. The van der Waals surface area contributed by atoms with Crippen molar-refractivity contribution >= 4 is 0 Å². The third kappa shape index (κ3) is 3.06. The number of ether oxygens (including phenoxy) is 1. The maximum absolute atomic E-state index is 5.53. The third-order valence-corrected chi connectivity index (χ3v) is 2.84. The van der Waals surface area contributed by atoms with Crippen molar-refractivity contribution in [3.05, 3.63) is 42.0 Å². The third-order valence-electron chi connectivity index (χ3n) is 2.84. The molecule has 1 heterocycles. The van der Waals surface area contributed by atoms with Crippen LogP contribution < -0.4 is 4.74 Å². The molecule has 1 atom stereocenters. The van der Waals surface area contributed by atoms with Gasteiger partial charge in [0.2, 0.25) is 12.2 Å². The summed E-state index contributed by atoms with van der Waals surface area (Å²) in [4.78, 5) is 3.89. The Morgan fingerprint density at radius 1 is 1.29 bits per heavy atom. The summed E-state index contributed by atoms with van der Waals surface area (Å²) in [7, 11) is 0. The molecule has 4 heteroatoms. The highest BCUT2D eigenvalue weighted by molar-refractivity contribution is 5.29. The minimum Gasteiger partial charge on any atom is -0.485 e. The van der Waals surface area contributed by atoms with Gasteiger partial charge in [0, 0.05) is 0 Å². The highest BCUT2D eigenvalue weighted by Crippen LogP contribution is 2.21. The smallest absolute Gasteiger partial charge is 0.213 e. The molecule has 0 N–H and O–H groups in total. The molecule has 1 aromatic heterocycles. The first-order chi connectivity index (χ1) is 8.29. The molecule has 0 radical (unpaired) electrons. The summed E-state index contributed by atoms with van der Waals surface area (Å²) in [5, 5.41) is 3.68. The topological polar surface area (TPSA) is 48.2 Å². The number of rotatable bonds is 5. The van der Waals surface area contributed by atoms with Crippen LogP contribution in [0.25, 0.3) is 0 Å². The van der Waals surface area contributed by atoms with Gasteiger partial charge in [-0.1, -0.05) is 31.1 Å². The van der Waals surface area contributed by atoms with Crippen molar-refractivity contribution in [2.24, 2.45) is 0 Å². The second-order valence-corrected chi connectivity index (χ2v) is 4.01.